The van der Waals surface area contributed by atoms with Crippen LogP contribution in [0.25, 0.3) is 46.4 Å². The lowest BCUT2D eigenvalue weighted by molar-refractivity contribution is -0.782. The number of aromatic nitrogens is 4. The van der Waals surface area contributed by atoms with Crippen LogP contribution in [0.1, 0.15) is 22.3 Å². The van der Waals surface area contributed by atoms with Crippen LogP contribution in [0.2, 0.25) is 0 Å². The summed E-state index contributed by atoms with van der Waals surface area (Å²) in [6.07, 6.45) is 7.91. The van der Waals surface area contributed by atoms with Crippen molar-refractivity contribution in [1.29, 1.82) is 0 Å². The monoisotopic (exact) mass is 476 g/mol. The van der Waals surface area contributed by atoms with Gasteiger partial charge in [-0.2, -0.15) is 0 Å². The largest absolute Gasteiger partial charge is 0.359 e. The van der Waals surface area contributed by atoms with E-state index in [0.717, 1.165) is 22.3 Å². The van der Waals surface area contributed by atoms with Crippen LogP contribution in [0.3, 0.4) is 0 Å². The molecule has 0 N–H and O–H groups in total. The van der Waals surface area contributed by atoms with Gasteiger partial charge in [0.2, 0.25) is 22.1 Å². The van der Waals surface area contributed by atoms with Crippen LogP contribution in [-0.2, 0) is 0 Å². The zero-order valence-electron chi connectivity index (χ0n) is 19.0. The van der Waals surface area contributed by atoms with Gasteiger partial charge in [-0.05, 0) is 44.2 Å². The molecule has 176 valence electrons. The number of nitrogens with zero attached hydrogens (tertiary/aromatic N) is 4. The Kier molecular flexibility index (Phi) is 6.48. The van der Waals surface area contributed by atoms with Crippen molar-refractivity contribution in [2.45, 2.75) is 0 Å². The standard InChI is InChI=1S/2C14H10N2O2/c17-16-14-9-8-12(10-13(14)15-18-16)7-6-11-4-2-1-3-5-11;17-16-14-10-12(8-9-13(14)15-18-16)7-6-11-4-2-1-3-5-11/h2*1-10H/b2*7-6+. The zero-order chi connectivity index (χ0) is 24.7. The van der Waals surface area contributed by atoms with Gasteiger partial charge in [-0.1, -0.05) is 97.1 Å². The second-order valence-electron chi connectivity index (χ2n) is 7.84. The Morgan fingerprint density at radius 3 is 1.64 bits per heavy atom. The highest BCUT2D eigenvalue weighted by Gasteiger charge is 2.09. The molecule has 36 heavy (non-hydrogen) atoms. The fraction of sp³-hybridized carbons (Fsp3) is 0. The molecule has 6 rings (SSSR count). The average Bonchev–Trinajstić information content (AvgIpc) is 3.49. The van der Waals surface area contributed by atoms with Gasteiger partial charge in [-0.3, -0.25) is 9.26 Å². The molecule has 2 heterocycles. The third-order valence-corrected chi connectivity index (χ3v) is 5.35. The molecule has 8 nitrogen and oxygen atoms in total. The van der Waals surface area contributed by atoms with E-state index < -0.39 is 0 Å². The molecule has 0 saturated heterocycles. The van der Waals surface area contributed by atoms with Crippen molar-refractivity contribution in [3.8, 4) is 0 Å². The summed E-state index contributed by atoms with van der Waals surface area (Å²) in [5, 5.41) is 29.7. The summed E-state index contributed by atoms with van der Waals surface area (Å²) < 4.78 is 9.04. The van der Waals surface area contributed by atoms with E-state index in [2.05, 4.69) is 19.6 Å². The van der Waals surface area contributed by atoms with Crippen molar-refractivity contribution in [2.75, 3.05) is 0 Å². The van der Waals surface area contributed by atoms with Crippen LogP contribution in [-0.4, -0.2) is 10.3 Å². The molecule has 0 saturated carbocycles. The predicted molar refractivity (Wildman–Crippen MR) is 137 cm³/mol. The molecule has 4 aromatic carbocycles. The van der Waals surface area contributed by atoms with Gasteiger partial charge in [0.25, 0.3) is 0 Å². The second kappa shape index (κ2) is 10.4. The van der Waals surface area contributed by atoms with E-state index >= 15 is 0 Å². The molecule has 8 heteroatoms. The first-order valence-electron chi connectivity index (χ1n) is 11.1. The van der Waals surface area contributed by atoms with Crippen LogP contribution in [0.15, 0.2) is 106 Å². The molecular formula is C28H20N4O4. The van der Waals surface area contributed by atoms with E-state index in [-0.39, 0.29) is 0 Å². The maximum atomic E-state index is 11.3. The fourth-order valence-electron chi connectivity index (χ4n) is 3.50. The summed E-state index contributed by atoms with van der Waals surface area (Å²) in [6, 6.07) is 30.7. The van der Waals surface area contributed by atoms with Gasteiger partial charge in [0.05, 0.1) is 0 Å². The number of hydrogen-bond acceptors (Lipinski definition) is 6. The van der Waals surface area contributed by atoms with Crippen molar-refractivity contribution in [1.82, 2.24) is 10.3 Å². The van der Waals surface area contributed by atoms with Gasteiger partial charge >= 0.3 is 0 Å². The lowest BCUT2D eigenvalue weighted by Crippen LogP contribution is -2.22. The van der Waals surface area contributed by atoms with E-state index in [4.69, 9.17) is 0 Å². The summed E-state index contributed by atoms with van der Waals surface area (Å²) >= 11 is 0. The summed E-state index contributed by atoms with van der Waals surface area (Å²) in [7, 11) is 0. The molecule has 0 unspecified atom stereocenters. The third kappa shape index (κ3) is 5.28. The van der Waals surface area contributed by atoms with E-state index in [1.54, 1.807) is 18.2 Å². The molecule has 0 atom stereocenters. The topological polar surface area (TPSA) is 106 Å². The summed E-state index contributed by atoms with van der Waals surface area (Å²) in [6.45, 7) is 0. The van der Waals surface area contributed by atoms with Crippen molar-refractivity contribution in [3.05, 3.63) is 130 Å². The summed E-state index contributed by atoms with van der Waals surface area (Å²) in [5.74, 6) is 0. The van der Waals surface area contributed by atoms with Gasteiger partial charge in [-0.15, -0.1) is 0 Å². The first kappa shape index (κ1) is 22.5. The molecule has 0 fully saturated rings. The van der Waals surface area contributed by atoms with Crippen LogP contribution in [0, 0.1) is 10.4 Å². The van der Waals surface area contributed by atoms with E-state index in [1.165, 1.54) is 0 Å². The van der Waals surface area contributed by atoms with Crippen molar-refractivity contribution in [3.63, 3.8) is 0 Å². The minimum absolute atomic E-state index is 0.403. The smallest absolute Gasteiger partial charge is 0.249 e. The molecule has 0 radical (unpaired) electrons. The normalized spacial score (nSPS) is 11.3. The van der Waals surface area contributed by atoms with Crippen molar-refractivity contribution in [2.24, 2.45) is 0 Å². The van der Waals surface area contributed by atoms with Crippen LogP contribution in [0.4, 0.5) is 0 Å². The maximum absolute atomic E-state index is 11.3. The quantitative estimate of drug-likeness (QED) is 0.254. The Hall–Kier alpha value is -5.24. The van der Waals surface area contributed by atoms with Crippen LogP contribution in [0.5, 0.6) is 0 Å². The molecule has 0 amide bonds. The molecule has 0 aliphatic carbocycles. The van der Waals surface area contributed by atoms with Gasteiger partial charge < -0.3 is 10.4 Å². The maximum Gasteiger partial charge on any atom is 0.249 e. The molecule has 0 spiro atoms. The van der Waals surface area contributed by atoms with Crippen molar-refractivity contribution < 1.29 is 19.1 Å². The van der Waals surface area contributed by atoms with Gasteiger partial charge in [-0.25, -0.2) is 0 Å². The van der Waals surface area contributed by atoms with Crippen LogP contribution < -0.4 is 9.81 Å². The number of benzene rings is 4. The molecular weight excluding hydrogens is 456 g/mol. The number of hydrogen-bond donors (Lipinski definition) is 0. The highest BCUT2D eigenvalue weighted by atomic mass is 16.8. The fourth-order valence-corrected chi connectivity index (χ4v) is 3.50. The van der Waals surface area contributed by atoms with Gasteiger partial charge in [0.15, 0.2) is 0 Å². The van der Waals surface area contributed by atoms with Gasteiger partial charge in [0.1, 0.15) is 0 Å². The second-order valence-corrected chi connectivity index (χ2v) is 7.84. The Morgan fingerprint density at radius 2 is 1.00 bits per heavy atom. The zero-order valence-corrected chi connectivity index (χ0v) is 19.0. The number of fused-ring (bicyclic) bond motifs is 2. The third-order valence-electron chi connectivity index (χ3n) is 5.35. The minimum Gasteiger partial charge on any atom is -0.359 e. The minimum atomic E-state index is 0.403. The summed E-state index contributed by atoms with van der Waals surface area (Å²) in [4.78, 5) is 0.815. The van der Waals surface area contributed by atoms with E-state index in [9.17, 15) is 10.4 Å². The molecule has 2 aromatic heterocycles. The van der Waals surface area contributed by atoms with Crippen molar-refractivity contribution >= 4 is 46.4 Å². The molecule has 0 bridgehead atoms. The van der Waals surface area contributed by atoms with E-state index in [0.29, 0.717) is 31.9 Å². The lowest BCUT2D eigenvalue weighted by Gasteiger charge is -1.93. The first-order chi connectivity index (χ1) is 17.7. The molecule has 0 aliphatic heterocycles. The Balaban J connectivity index is 0.000000148. The Morgan fingerprint density at radius 1 is 0.500 bits per heavy atom. The van der Waals surface area contributed by atoms with Crippen LogP contribution >= 0.6 is 0 Å². The van der Waals surface area contributed by atoms with E-state index in [1.807, 2.05) is 103 Å². The Bertz CT molecular complexity index is 1660. The summed E-state index contributed by atoms with van der Waals surface area (Å²) in [5.41, 5.74) is 6.12. The number of rotatable bonds is 4. The first-order valence-corrected chi connectivity index (χ1v) is 11.1. The lowest BCUT2D eigenvalue weighted by atomic mass is 10.1. The molecule has 0 aliphatic rings. The predicted octanol–water partition coefficient (Wildman–Crippen LogP) is 5.26. The highest BCUT2D eigenvalue weighted by Crippen LogP contribution is 2.14. The van der Waals surface area contributed by atoms with Gasteiger partial charge in [0, 0.05) is 22.4 Å². The Labute approximate surface area is 205 Å². The molecule has 6 aromatic rings. The average molecular weight is 476 g/mol. The SMILES string of the molecule is [O-][n+]1onc2cc(/C=C/c3ccccc3)ccc21.[O-][n+]1onc2ccc(/C=C/c3ccccc3)cc21. The highest BCUT2D eigenvalue weighted by molar-refractivity contribution is 5.79.